The first-order valence-electron chi connectivity index (χ1n) is 8.17. The Bertz CT molecular complexity index is 793. The zero-order valence-electron chi connectivity index (χ0n) is 16.9. The van der Waals surface area contributed by atoms with Gasteiger partial charge in [0.25, 0.3) is 0 Å². The second-order valence-electron chi connectivity index (χ2n) is 5.43. The molecule has 0 aliphatic carbocycles. The molecule has 0 spiro atoms. The van der Waals surface area contributed by atoms with Crippen LogP contribution in [0.4, 0.5) is 0 Å². The number of ether oxygens (including phenoxy) is 2. The average molecular weight is 410 g/mol. The van der Waals surface area contributed by atoms with Crippen molar-refractivity contribution in [2.45, 2.75) is 6.92 Å². The number of carbonyl (C=O) groups excluding carboxylic acids is 1. The Morgan fingerprint density at radius 1 is 0.900 bits per heavy atom. The van der Waals surface area contributed by atoms with E-state index in [0.717, 1.165) is 6.07 Å². The van der Waals surface area contributed by atoms with Gasteiger partial charge in [-0.1, -0.05) is 25.3 Å². The minimum atomic E-state index is -1.09. The van der Waals surface area contributed by atoms with E-state index in [1.54, 1.807) is 18.2 Å². The van der Waals surface area contributed by atoms with Gasteiger partial charge in [0.15, 0.2) is 28.8 Å². The molecule has 0 atom stereocenters. The SMILES string of the molecule is C=CCOc1ccc(C(=O)O)cc1O.C=CCOc1ccc(C(C)=O)cc1O.[Li+].[OH-]. The third-order valence-corrected chi connectivity index (χ3v) is 3.28. The normalized spacial score (nSPS) is 8.83. The first-order valence-corrected chi connectivity index (χ1v) is 8.17. The summed E-state index contributed by atoms with van der Waals surface area (Å²) in [5.74, 6) is -0.790. The summed E-state index contributed by atoms with van der Waals surface area (Å²) in [5, 5.41) is 27.4. The molecule has 4 N–H and O–H groups in total. The molecule has 0 bridgehead atoms. The molecule has 0 saturated heterocycles. The van der Waals surface area contributed by atoms with Gasteiger partial charge in [0, 0.05) is 5.56 Å². The van der Waals surface area contributed by atoms with Gasteiger partial charge in [0.05, 0.1) is 5.56 Å². The van der Waals surface area contributed by atoms with Crippen LogP contribution in [0.1, 0.15) is 27.6 Å². The number of aromatic hydroxyl groups is 2. The fourth-order valence-electron chi connectivity index (χ4n) is 1.93. The zero-order chi connectivity index (χ0) is 21.1. The van der Waals surface area contributed by atoms with Gasteiger partial charge in [-0.2, -0.15) is 0 Å². The van der Waals surface area contributed by atoms with Crippen molar-refractivity contribution in [2.24, 2.45) is 0 Å². The minimum Gasteiger partial charge on any atom is -0.870 e. The first-order chi connectivity index (χ1) is 13.3. The van der Waals surface area contributed by atoms with Crippen LogP contribution in [0.5, 0.6) is 23.0 Å². The van der Waals surface area contributed by atoms with Gasteiger partial charge >= 0.3 is 24.8 Å². The molecule has 8 nitrogen and oxygen atoms in total. The third kappa shape index (κ3) is 9.34. The summed E-state index contributed by atoms with van der Waals surface area (Å²) in [6.07, 6.45) is 3.11. The molecule has 9 heteroatoms. The number of carboxylic acid groups (broad SMARTS) is 1. The number of carbonyl (C=O) groups is 2. The van der Waals surface area contributed by atoms with Gasteiger partial charge in [-0.15, -0.1) is 0 Å². The van der Waals surface area contributed by atoms with Crippen LogP contribution in [-0.2, 0) is 0 Å². The van der Waals surface area contributed by atoms with E-state index in [2.05, 4.69) is 13.2 Å². The van der Waals surface area contributed by atoms with Crippen molar-refractivity contribution in [3.63, 3.8) is 0 Å². The fraction of sp³-hybridized carbons (Fsp3) is 0.143. The van der Waals surface area contributed by atoms with Crippen LogP contribution in [-0.4, -0.2) is 45.8 Å². The molecular weight excluding hydrogens is 387 g/mol. The Morgan fingerprint density at radius 2 is 1.30 bits per heavy atom. The van der Waals surface area contributed by atoms with Gasteiger partial charge in [0.2, 0.25) is 0 Å². The number of ketones is 1. The van der Waals surface area contributed by atoms with E-state index < -0.39 is 5.97 Å². The molecule has 0 amide bonds. The summed E-state index contributed by atoms with van der Waals surface area (Å²) in [6, 6.07) is 8.47. The van der Waals surface area contributed by atoms with Crippen molar-refractivity contribution in [3.05, 3.63) is 72.8 Å². The number of Topliss-reactive ketones (excluding diaryl/α,β-unsaturated/α-hetero) is 1. The van der Waals surface area contributed by atoms with Crippen molar-refractivity contribution < 1.29 is 58.7 Å². The maximum Gasteiger partial charge on any atom is 1.00 e. The Hall–Kier alpha value is -3.18. The second-order valence-corrected chi connectivity index (χ2v) is 5.43. The zero-order valence-corrected chi connectivity index (χ0v) is 16.9. The van der Waals surface area contributed by atoms with E-state index in [-0.39, 0.29) is 59.5 Å². The Balaban J connectivity index is 0. The summed E-state index contributed by atoms with van der Waals surface area (Å²) in [7, 11) is 0. The molecule has 2 aromatic rings. The summed E-state index contributed by atoms with van der Waals surface area (Å²) in [4.78, 5) is 21.5. The molecule has 0 aliphatic heterocycles. The number of phenols is 2. The van der Waals surface area contributed by atoms with Crippen molar-refractivity contribution in [1.82, 2.24) is 0 Å². The fourth-order valence-corrected chi connectivity index (χ4v) is 1.93. The molecule has 2 rings (SSSR count). The molecule has 0 aliphatic rings. The van der Waals surface area contributed by atoms with Crippen LogP contribution in [0.25, 0.3) is 0 Å². The smallest absolute Gasteiger partial charge is 0.870 e. The van der Waals surface area contributed by atoms with Crippen molar-refractivity contribution in [1.29, 1.82) is 0 Å². The number of benzene rings is 2. The molecule has 0 saturated carbocycles. The van der Waals surface area contributed by atoms with Gasteiger partial charge in [-0.25, -0.2) is 4.79 Å². The van der Waals surface area contributed by atoms with E-state index >= 15 is 0 Å². The number of hydrogen-bond acceptors (Lipinski definition) is 7. The number of hydrogen-bond donors (Lipinski definition) is 3. The van der Waals surface area contributed by atoms with E-state index in [1.165, 1.54) is 31.2 Å². The third-order valence-electron chi connectivity index (χ3n) is 3.28. The molecule has 30 heavy (non-hydrogen) atoms. The molecular formula is C21H23LiO8. The standard InChI is InChI=1S/C11H12O3.C10H10O4.Li.H2O/c1-3-6-14-11-5-4-9(8(2)12)7-10(11)13;1-2-5-14-9-4-3-7(10(12)13)6-8(9)11;;/h3-5,7,13H,1,6H2,2H3;2-4,6,11H,1,5H2,(H,12,13);;1H2/q;;+1;/p-1. The molecule has 156 valence electrons. The van der Waals surface area contributed by atoms with Crippen LogP contribution in [0.3, 0.4) is 0 Å². The predicted molar refractivity (Wildman–Crippen MR) is 106 cm³/mol. The van der Waals surface area contributed by atoms with Crippen molar-refractivity contribution >= 4 is 11.8 Å². The summed E-state index contributed by atoms with van der Waals surface area (Å²) >= 11 is 0. The maximum atomic E-state index is 11.0. The molecule has 0 fully saturated rings. The molecule has 2 aromatic carbocycles. The van der Waals surface area contributed by atoms with Crippen LogP contribution < -0.4 is 28.3 Å². The van der Waals surface area contributed by atoms with E-state index in [4.69, 9.17) is 14.6 Å². The van der Waals surface area contributed by atoms with Gasteiger partial charge in [-0.05, 0) is 43.3 Å². The van der Waals surface area contributed by atoms with Crippen molar-refractivity contribution in [3.8, 4) is 23.0 Å². The quantitative estimate of drug-likeness (QED) is 0.327. The Kier molecular flexibility index (Phi) is 14.3. The second kappa shape index (κ2) is 14.8. The number of carboxylic acids is 1. The first kappa shape index (κ1) is 29.0. The number of rotatable bonds is 8. The molecule has 0 unspecified atom stereocenters. The molecule has 0 heterocycles. The van der Waals surface area contributed by atoms with E-state index in [0.29, 0.717) is 17.9 Å². The van der Waals surface area contributed by atoms with Gasteiger partial charge in [0.1, 0.15) is 13.2 Å². The van der Waals surface area contributed by atoms with E-state index in [9.17, 15) is 19.8 Å². The summed E-state index contributed by atoms with van der Waals surface area (Å²) in [5.41, 5.74) is 0.488. The van der Waals surface area contributed by atoms with Gasteiger partial charge < -0.3 is 30.3 Å². The van der Waals surface area contributed by atoms with E-state index in [1.807, 2.05) is 0 Å². The summed E-state index contributed by atoms with van der Waals surface area (Å²) < 4.78 is 10.2. The van der Waals surface area contributed by atoms with Crippen LogP contribution in [0.15, 0.2) is 61.7 Å². The minimum absolute atomic E-state index is 0. The largest absolute Gasteiger partial charge is 1.00 e. The van der Waals surface area contributed by atoms with Gasteiger partial charge in [-0.3, -0.25) is 4.79 Å². The number of aromatic carboxylic acids is 1. The predicted octanol–water partition coefficient (Wildman–Crippen LogP) is 0.642. The van der Waals surface area contributed by atoms with Crippen LogP contribution in [0, 0.1) is 0 Å². The Labute approximate surface area is 186 Å². The van der Waals surface area contributed by atoms with Crippen molar-refractivity contribution in [2.75, 3.05) is 13.2 Å². The van der Waals surface area contributed by atoms with Crippen LogP contribution >= 0.6 is 0 Å². The van der Waals surface area contributed by atoms with Crippen LogP contribution in [0.2, 0.25) is 0 Å². The monoisotopic (exact) mass is 410 g/mol. The average Bonchev–Trinajstić information content (AvgIpc) is 2.66. The summed E-state index contributed by atoms with van der Waals surface area (Å²) in [6.45, 7) is 8.97. The number of phenolic OH excluding ortho intramolecular Hbond substituents is 2. The maximum absolute atomic E-state index is 11.0. The molecule has 0 radical (unpaired) electrons. The Morgan fingerprint density at radius 3 is 1.63 bits per heavy atom. The molecule has 0 aromatic heterocycles. The topological polar surface area (TPSA) is 143 Å².